The van der Waals surface area contributed by atoms with Crippen molar-refractivity contribution in [3.8, 4) is 0 Å². The Morgan fingerprint density at radius 1 is 1.12 bits per heavy atom. The summed E-state index contributed by atoms with van der Waals surface area (Å²) in [4.78, 5) is 2.80. The van der Waals surface area contributed by atoms with Crippen molar-refractivity contribution in [3.05, 3.63) is 34.4 Å². The van der Waals surface area contributed by atoms with Gasteiger partial charge in [0.25, 0.3) is 0 Å². The van der Waals surface area contributed by atoms with E-state index < -0.39 is 11.6 Å². The second-order valence-electron chi connectivity index (χ2n) is 2.42. The van der Waals surface area contributed by atoms with E-state index in [-0.39, 0.29) is 5.39 Å². The van der Waals surface area contributed by atoms with Gasteiger partial charge in [-0.05, 0) is 28.1 Å². The lowest BCUT2D eigenvalue weighted by Crippen LogP contribution is -1.84. The number of fused-ring (bicyclic) bond motifs is 1. The number of aromatic nitrogens is 1. The van der Waals surface area contributed by atoms with E-state index in [0.717, 1.165) is 6.07 Å². The molecular formula is C12H16BrF2N. The molecule has 16 heavy (non-hydrogen) atoms. The second-order valence-corrected chi connectivity index (χ2v) is 3.27. The van der Waals surface area contributed by atoms with Gasteiger partial charge in [0.15, 0.2) is 11.6 Å². The molecule has 90 valence electrons. The molecule has 1 aromatic heterocycles. The van der Waals surface area contributed by atoms with Gasteiger partial charge in [0, 0.05) is 16.1 Å². The van der Waals surface area contributed by atoms with Crippen molar-refractivity contribution in [2.24, 2.45) is 0 Å². The van der Waals surface area contributed by atoms with Crippen molar-refractivity contribution in [3.63, 3.8) is 0 Å². The Hall–Kier alpha value is -0.900. The molecule has 0 aliphatic heterocycles. The molecule has 0 aliphatic rings. The molecular weight excluding hydrogens is 276 g/mol. The van der Waals surface area contributed by atoms with Crippen LogP contribution in [0.2, 0.25) is 0 Å². The van der Waals surface area contributed by atoms with Gasteiger partial charge in [-0.15, -0.1) is 0 Å². The summed E-state index contributed by atoms with van der Waals surface area (Å²) in [6.07, 6.45) is 1.57. The molecule has 0 unspecified atom stereocenters. The Morgan fingerprint density at radius 2 is 1.69 bits per heavy atom. The molecule has 1 heterocycles. The first-order valence-electron chi connectivity index (χ1n) is 5.30. The normalized spacial score (nSPS) is 8.94. The lowest BCUT2D eigenvalue weighted by molar-refractivity contribution is 0.516. The molecule has 0 saturated carbocycles. The summed E-state index contributed by atoms with van der Waals surface area (Å²) in [5.74, 6) is -1.65. The molecule has 2 rings (SSSR count). The minimum absolute atomic E-state index is 0.266. The predicted octanol–water partition coefficient (Wildman–Crippen LogP) is 5.26. The average Bonchev–Trinajstić information content (AvgIpc) is 2.81. The topological polar surface area (TPSA) is 15.8 Å². The summed E-state index contributed by atoms with van der Waals surface area (Å²) in [6.45, 7) is 8.00. The number of benzene rings is 1. The van der Waals surface area contributed by atoms with Crippen LogP contribution in [0.25, 0.3) is 10.9 Å². The molecule has 1 aromatic carbocycles. The summed E-state index contributed by atoms with van der Waals surface area (Å²) in [5.41, 5.74) is 0.578. The number of hydrogen-bond donors (Lipinski definition) is 1. The molecule has 0 aliphatic carbocycles. The Bertz CT molecular complexity index is 438. The van der Waals surface area contributed by atoms with E-state index in [2.05, 4.69) is 20.9 Å². The molecule has 0 atom stereocenters. The number of halogens is 3. The zero-order chi connectivity index (χ0) is 12.7. The van der Waals surface area contributed by atoms with Crippen LogP contribution in [0.1, 0.15) is 27.7 Å². The van der Waals surface area contributed by atoms with Crippen molar-refractivity contribution in [1.29, 1.82) is 0 Å². The van der Waals surface area contributed by atoms with Crippen LogP contribution < -0.4 is 0 Å². The van der Waals surface area contributed by atoms with Gasteiger partial charge in [-0.1, -0.05) is 27.7 Å². The third kappa shape index (κ3) is 3.04. The fraction of sp³-hybridized carbons (Fsp3) is 0.333. The highest BCUT2D eigenvalue weighted by atomic mass is 79.9. The van der Waals surface area contributed by atoms with Crippen LogP contribution in [0.3, 0.4) is 0 Å². The van der Waals surface area contributed by atoms with Gasteiger partial charge in [0.2, 0.25) is 0 Å². The largest absolute Gasteiger partial charge is 0.360 e. The molecule has 0 radical (unpaired) electrons. The lowest BCUT2D eigenvalue weighted by atomic mass is 10.2. The Labute approximate surface area is 103 Å². The molecule has 0 bridgehead atoms. The van der Waals surface area contributed by atoms with E-state index in [9.17, 15) is 8.78 Å². The molecule has 0 spiro atoms. The van der Waals surface area contributed by atoms with Crippen molar-refractivity contribution in [2.45, 2.75) is 27.7 Å². The molecule has 1 nitrogen and oxygen atoms in total. The van der Waals surface area contributed by atoms with Crippen LogP contribution in [-0.2, 0) is 0 Å². The molecule has 0 fully saturated rings. The number of H-pyrrole nitrogens is 1. The first-order chi connectivity index (χ1) is 7.70. The van der Waals surface area contributed by atoms with E-state index in [1.54, 1.807) is 6.20 Å². The van der Waals surface area contributed by atoms with Gasteiger partial charge in [-0.25, -0.2) is 8.78 Å². The summed E-state index contributed by atoms with van der Waals surface area (Å²) < 4.78 is 26.3. The molecule has 1 N–H and O–H groups in total. The van der Waals surface area contributed by atoms with E-state index in [4.69, 9.17) is 0 Å². The fourth-order valence-corrected chi connectivity index (χ4v) is 1.65. The SMILES string of the molecule is CC.CC.Fc1cc(Br)c2[nH]ccc2c1F. The van der Waals surface area contributed by atoms with Crippen molar-refractivity contribution >= 4 is 26.8 Å². The highest BCUT2D eigenvalue weighted by Gasteiger charge is 2.10. The van der Waals surface area contributed by atoms with Gasteiger partial charge >= 0.3 is 0 Å². The van der Waals surface area contributed by atoms with Gasteiger partial charge in [-0.3, -0.25) is 0 Å². The number of aromatic amines is 1. The van der Waals surface area contributed by atoms with E-state index >= 15 is 0 Å². The van der Waals surface area contributed by atoms with Crippen molar-refractivity contribution < 1.29 is 8.78 Å². The zero-order valence-corrected chi connectivity index (χ0v) is 11.5. The standard InChI is InChI=1S/C8H4BrF2N.2C2H6/c9-5-3-6(10)7(11)4-1-2-12-8(4)5;2*1-2/h1-3,12H;2*1-2H3. The quantitative estimate of drug-likeness (QED) is 0.637. The van der Waals surface area contributed by atoms with Crippen molar-refractivity contribution in [2.75, 3.05) is 0 Å². The van der Waals surface area contributed by atoms with Crippen LogP contribution in [0.5, 0.6) is 0 Å². The molecule has 4 heteroatoms. The summed E-state index contributed by atoms with van der Waals surface area (Å²) in [6, 6.07) is 2.60. The van der Waals surface area contributed by atoms with Crippen molar-refractivity contribution in [1.82, 2.24) is 4.98 Å². The van der Waals surface area contributed by atoms with E-state index in [0.29, 0.717) is 9.99 Å². The maximum Gasteiger partial charge on any atom is 0.168 e. The minimum Gasteiger partial charge on any atom is -0.360 e. The third-order valence-corrected chi connectivity index (χ3v) is 2.31. The molecule has 2 aromatic rings. The lowest BCUT2D eigenvalue weighted by Gasteiger charge is -1.97. The molecule has 0 saturated heterocycles. The Kier molecular flexibility index (Phi) is 6.97. The highest BCUT2D eigenvalue weighted by molar-refractivity contribution is 9.10. The smallest absolute Gasteiger partial charge is 0.168 e. The summed E-state index contributed by atoms with van der Waals surface area (Å²) in [7, 11) is 0. The Balaban J connectivity index is 0.000000509. The van der Waals surface area contributed by atoms with Gasteiger partial charge in [0.1, 0.15) is 0 Å². The zero-order valence-electron chi connectivity index (χ0n) is 9.87. The maximum atomic E-state index is 13.0. The molecule has 0 amide bonds. The number of hydrogen-bond acceptors (Lipinski definition) is 0. The average molecular weight is 292 g/mol. The first kappa shape index (κ1) is 15.1. The van der Waals surface area contributed by atoms with Crippen LogP contribution in [0, 0.1) is 11.6 Å². The number of rotatable bonds is 0. The van der Waals surface area contributed by atoms with E-state index in [1.165, 1.54) is 6.07 Å². The van der Waals surface area contributed by atoms with Gasteiger partial charge in [-0.2, -0.15) is 0 Å². The van der Waals surface area contributed by atoms with Crippen LogP contribution in [0.4, 0.5) is 8.78 Å². The third-order valence-electron chi connectivity index (χ3n) is 1.69. The summed E-state index contributed by atoms with van der Waals surface area (Å²) in [5, 5.41) is 0.266. The second kappa shape index (κ2) is 7.39. The number of nitrogens with one attached hydrogen (secondary N) is 1. The van der Waals surface area contributed by atoms with Gasteiger partial charge < -0.3 is 4.98 Å². The Morgan fingerprint density at radius 3 is 2.25 bits per heavy atom. The predicted molar refractivity (Wildman–Crippen MR) is 68.6 cm³/mol. The fourth-order valence-electron chi connectivity index (χ4n) is 1.13. The first-order valence-corrected chi connectivity index (χ1v) is 6.10. The monoisotopic (exact) mass is 291 g/mol. The van der Waals surface area contributed by atoms with Gasteiger partial charge in [0.05, 0.1) is 5.52 Å². The van der Waals surface area contributed by atoms with Crippen LogP contribution in [-0.4, -0.2) is 4.98 Å². The van der Waals surface area contributed by atoms with E-state index in [1.807, 2.05) is 27.7 Å². The highest BCUT2D eigenvalue weighted by Crippen LogP contribution is 2.26. The van der Waals surface area contributed by atoms with Crippen LogP contribution >= 0.6 is 15.9 Å². The maximum absolute atomic E-state index is 13.0. The minimum atomic E-state index is -0.839. The summed E-state index contributed by atoms with van der Waals surface area (Å²) >= 11 is 3.12. The van der Waals surface area contributed by atoms with Crippen LogP contribution in [0.15, 0.2) is 22.8 Å².